The summed E-state index contributed by atoms with van der Waals surface area (Å²) in [4.78, 5) is 44.0. The first kappa shape index (κ1) is 36.0. The van der Waals surface area contributed by atoms with Crippen LogP contribution >= 0.6 is 0 Å². The highest BCUT2D eigenvalue weighted by Crippen LogP contribution is 2.46. The lowest BCUT2D eigenvalue weighted by Crippen LogP contribution is -2.50. The van der Waals surface area contributed by atoms with Crippen molar-refractivity contribution < 1.29 is 24.2 Å². The predicted molar refractivity (Wildman–Crippen MR) is 222 cm³/mol. The highest BCUT2D eigenvalue weighted by Gasteiger charge is 2.43. The number of methoxy groups -OCH3 is 1. The number of H-pyrrole nitrogens is 1. The number of aromatic nitrogens is 1. The standard InChI is InChI=1S/C24H26N4O3.C22H22N2O2/c1-26-9-11-27(12-10-26)13-28-23(29)18-14-5-3-6-15(14)22-20(21(18)24(28)30)19-16(25-22)7-4-8-17(19)31-2;1-14-12-23-22-18-11-15(13-24-9-7-16(25)8-10-24)5-6-19(18)26-20-4-2-3-17(14)21(20)22/h4,7-8,25H,3,5-6,9-13H2,1-2H3;2-6,11,16,25H,1,7-10,12-13H2. The first-order chi connectivity index (χ1) is 27.8. The molecule has 11 nitrogen and oxygen atoms in total. The molecule has 292 valence electrons. The fourth-order valence-electron chi connectivity index (χ4n) is 9.68. The van der Waals surface area contributed by atoms with Gasteiger partial charge in [0.05, 0.1) is 65.2 Å². The summed E-state index contributed by atoms with van der Waals surface area (Å²) >= 11 is 0. The molecule has 0 atom stereocenters. The molecule has 57 heavy (non-hydrogen) atoms. The number of aliphatic hydroxyl groups excluding tert-OH is 1. The quantitative estimate of drug-likeness (QED) is 0.199. The number of hydrogen-bond acceptors (Lipinski definition) is 9. The molecule has 5 aliphatic heterocycles. The van der Waals surface area contributed by atoms with Crippen molar-refractivity contribution >= 4 is 44.9 Å². The minimum atomic E-state index is -0.176. The number of carbonyl (C=O) groups excluding carboxylic acids is 2. The zero-order chi connectivity index (χ0) is 38.9. The molecule has 1 aromatic heterocycles. The topological polar surface area (TPSA) is 114 Å². The van der Waals surface area contributed by atoms with E-state index in [1.807, 2.05) is 30.3 Å². The number of amides is 2. The van der Waals surface area contributed by atoms with Gasteiger partial charge in [0.15, 0.2) is 0 Å². The van der Waals surface area contributed by atoms with Gasteiger partial charge in [-0.05, 0) is 97.3 Å². The fourth-order valence-corrected chi connectivity index (χ4v) is 9.68. The molecule has 6 heterocycles. The Morgan fingerprint density at radius 1 is 0.860 bits per heavy atom. The molecule has 0 saturated carbocycles. The normalized spacial score (nSPS) is 19.5. The average molecular weight is 765 g/mol. The summed E-state index contributed by atoms with van der Waals surface area (Å²) in [5.41, 5.74) is 12.0. The van der Waals surface area contributed by atoms with Gasteiger partial charge in [-0.15, -0.1) is 0 Å². The maximum Gasteiger partial charge on any atom is 0.263 e. The Hall–Kier alpha value is -5.33. The summed E-state index contributed by atoms with van der Waals surface area (Å²) in [6.45, 7) is 11.6. The molecule has 1 aliphatic carbocycles. The Bertz CT molecular complexity index is 2520. The van der Waals surface area contributed by atoms with Crippen LogP contribution in [0.2, 0.25) is 0 Å². The van der Waals surface area contributed by atoms with Gasteiger partial charge in [-0.25, -0.2) is 0 Å². The van der Waals surface area contributed by atoms with Crippen LogP contribution in [0, 0.1) is 0 Å². The monoisotopic (exact) mass is 764 g/mol. The average Bonchev–Trinajstić information content (AvgIpc) is 3.93. The van der Waals surface area contributed by atoms with Gasteiger partial charge >= 0.3 is 0 Å². The molecule has 0 radical (unpaired) electrons. The smallest absolute Gasteiger partial charge is 0.263 e. The number of ether oxygens (including phenoxy) is 2. The van der Waals surface area contributed by atoms with Gasteiger partial charge in [0, 0.05) is 56.8 Å². The van der Waals surface area contributed by atoms with Crippen molar-refractivity contribution in [3.05, 3.63) is 106 Å². The van der Waals surface area contributed by atoms with Crippen molar-refractivity contribution in [1.82, 2.24) is 24.6 Å². The summed E-state index contributed by atoms with van der Waals surface area (Å²) in [6, 6.07) is 18.4. The number of imide groups is 1. The van der Waals surface area contributed by atoms with Crippen LogP contribution in [0.25, 0.3) is 27.4 Å². The molecule has 2 N–H and O–H groups in total. The minimum absolute atomic E-state index is 0.136. The van der Waals surface area contributed by atoms with Crippen LogP contribution in [0.5, 0.6) is 17.2 Å². The number of hydrogen-bond donors (Lipinski definition) is 2. The second-order valence-corrected chi connectivity index (χ2v) is 16.3. The van der Waals surface area contributed by atoms with Crippen molar-refractivity contribution in [3.8, 4) is 17.2 Å². The van der Waals surface area contributed by atoms with Crippen molar-refractivity contribution in [3.63, 3.8) is 0 Å². The third kappa shape index (κ3) is 6.07. The summed E-state index contributed by atoms with van der Waals surface area (Å²) in [6.07, 6.45) is 4.37. The lowest BCUT2D eigenvalue weighted by molar-refractivity contribution is 0.0476. The number of benzene rings is 4. The Morgan fingerprint density at radius 2 is 1.63 bits per heavy atom. The van der Waals surface area contributed by atoms with Crippen LogP contribution < -0.4 is 9.47 Å². The van der Waals surface area contributed by atoms with Crippen LogP contribution in [0.3, 0.4) is 0 Å². The van der Waals surface area contributed by atoms with E-state index in [4.69, 9.17) is 14.5 Å². The van der Waals surface area contributed by atoms with Gasteiger partial charge < -0.3 is 24.5 Å². The number of aliphatic hydroxyl groups is 1. The maximum absolute atomic E-state index is 13.7. The summed E-state index contributed by atoms with van der Waals surface area (Å²) in [5, 5.41) is 11.4. The Morgan fingerprint density at radius 3 is 2.44 bits per heavy atom. The Labute approximate surface area is 332 Å². The number of aliphatic imine (C=N–C) groups is 1. The molecule has 0 bridgehead atoms. The van der Waals surface area contributed by atoms with Crippen LogP contribution in [-0.2, 0) is 19.4 Å². The van der Waals surface area contributed by atoms with Crippen LogP contribution in [0.4, 0.5) is 0 Å². The molecule has 0 unspecified atom stereocenters. The first-order valence-corrected chi connectivity index (χ1v) is 20.3. The van der Waals surface area contributed by atoms with E-state index < -0.39 is 0 Å². The maximum atomic E-state index is 13.7. The third-order valence-corrected chi connectivity index (χ3v) is 12.7. The van der Waals surface area contributed by atoms with E-state index in [1.165, 1.54) is 16.0 Å². The highest BCUT2D eigenvalue weighted by molar-refractivity contribution is 6.31. The van der Waals surface area contributed by atoms with Gasteiger partial charge in [-0.1, -0.05) is 30.8 Å². The Balaban J connectivity index is 0.000000141. The molecule has 5 aromatic rings. The van der Waals surface area contributed by atoms with Gasteiger partial charge in [0.25, 0.3) is 11.8 Å². The summed E-state index contributed by atoms with van der Waals surface area (Å²) in [7, 11) is 3.75. The number of likely N-dealkylation sites (N-methyl/N-ethyl adjacent to an activating group) is 1. The SMILES string of the molecule is C=C1CN=C2c3cc(CN4CCC(O)CC4)ccc3Oc3cccc1c32.COc1cccc2[nH]c3c4c(c5c(c3c12)C(=O)N(CN1CCN(C)CC1)C5=O)CCC4. The van der Waals surface area contributed by atoms with Crippen LogP contribution in [-0.4, -0.2) is 120 Å². The number of rotatable bonds is 5. The summed E-state index contributed by atoms with van der Waals surface area (Å²) < 4.78 is 11.8. The molecular weight excluding hydrogens is 717 g/mol. The largest absolute Gasteiger partial charge is 0.496 e. The van der Waals surface area contributed by atoms with E-state index in [1.54, 1.807) is 7.11 Å². The van der Waals surface area contributed by atoms with Crippen LogP contribution in [0.15, 0.2) is 66.2 Å². The number of aromatic amines is 1. The van der Waals surface area contributed by atoms with Gasteiger partial charge in [-0.2, -0.15) is 0 Å². The molecule has 11 rings (SSSR count). The van der Waals surface area contributed by atoms with Crippen LogP contribution in [0.1, 0.15) is 73.4 Å². The molecule has 2 amide bonds. The molecule has 6 aliphatic rings. The zero-order valence-electron chi connectivity index (χ0n) is 32.7. The van der Waals surface area contributed by atoms with E-state index in [0.717, 1.165) is 151 Å². The molecular formula is C46H48N6O5. The van der Waals surface area contributed by atoms with Gasteiger partial charge in [0.1, 0.15) is 17.2 Å². The number of piperazine rings is 1. The Kier molecular flexibility index (Phi) is 9.01. The molecule has 2 fully saturated rings. The highest BCUT2D eigenvalue weighted by atomic mass is 16.5. The number of fused-ring (bicyclic) bond motifs is 10. The number of likely N-dealkylation sites (tertiary alicyclic amines) is 1. The fraction of sp³-hybridized carbons (Fsp3) is 0.370. The lowest BCUT2D eigenvalue weighted by atomic mass is 9.88. The number of carbonyl (C=O) groups is 2. The number of piperidine rings is 1. The van der Waals surface area contributed by atoms with E-state index in [9.17, 15) is 14.7 Å². The van der Waals surface area contributed by atoms with Crippen molar-refractivity contribution in [2.75, 3.05) is 66.6 Å². The summed E-state index contributed by atoms with van der Waals surface area (Å²) in [5.74, 6) is 2.15. The van der Waals surface area contributed by atoms with Crippen molar-refractivity contribution in [2.24, 2.45) is 4.99 Å². The zero-order valence-corrected chi connectivity index (χ0v) is 32.7. The van der Waals surface area contributed by atoms with Gasteiger partial charge in [-0.3, -0.25) is 29.3 Å². The molecule has 11 heteroatoms. The van der Waals surface area contributed by atoms with E-state index >= 15 is 0 Å². The second-order valence-electron chi connectivity index (χ2n) is 16.3. The number of aryl methyl sites for hydroxylation is 1. The van der Waals surface area contributed by atoms with Crippen molar-refractivity contribution in [2.45, 2.75) is 44.8 Å². The van der Waals surface area contributed by atoms with Gasteiger partial charge in [0.2, 0.25) is 0 Å². The second kappa shape index (κ2) is 14.2. The van der Waals surface area contributed by atoms with E-state index in [2.05, 4.69) is 57.6 Å². The van der Waals surface area contributed by atoms with E-state index in [-0.39, 0.29) is 17.9 Å². The minimum Gasteiger partial charge on any atom is -0.496 e. The molecule has 4 aromatic carbocycles. The predicted octanol–water partition coefficient (Wildman–Crippen LogP) is 6.23. The van der Waals surface area contributed by atoms with E-state index in [0.29, 0.717) is 24.3 Å². The first-order valence-electron chi connectivity index (χ1n) is 20.3. The lowest BCUT2D eigenvalue weighted by Gasteiger charge is -2.34. The third-order valence-electron chi connectivity index (χ3n) is 12.7. The molecule has 0 spiro atoms. The number of nitrogens with one attached hydrogen (secondary N) is 1. The number of nitrogens with zero attached hydrogens (tertiary/aromatic N) is 5. The molecule has 2 saturated heterocycles. The van der Waals surface area contributed by atoms with Crippen molar-refractivity contribution in [1.29, 1.82) is 0 Å².